The predicted molar refractivity (Wildman–Crippen MR) is 82.7 cm³/mol. The summed E-state index contributed by atoms with van der Waals surface area (Å²) in [5.41, 5.74) is 6.34. The maximum absolute atomic E-state index is 11.2. The fourth-order valence-electron chi connectivity index (χ4n) is 2.62. The number of amides is 1. The molecule has 6 heteroatoms. The molecular formula is C15H25N5O. The number of primary amides is 1. The first kappa shape index (κ1) is 15.7. The van der Waals surface area contributed by atoms with E-state index in [1.54, 1.807) is 0 Å². The lowest BCUT2D eigenvalue weighted by Gasteiger charge is -2.29. The Morgan fingerprint density at radius 1 is 1.43 bits per heavy atom. The topological polar surface area (TPSA) is 84.1 Å². The largest absolute Gasteiger partial charge is 0.370 e. The SMILES string of the molecule is CCCNc1cc(C)nc(CN2CCC(C(N)=O)CC2)n1. The minimum absolute atomic E-state index is 0.0291. The Morgan fingerprint density at radius 2 is 2.14 bits per heavy atom. The normalized spacial score (nSPS) is 16.9. The predicted octanol–water partition coefficient (Wildman–Crippen LogP) is 1.30. The van der Waals surface area contributed by atoms with Gasteiger partial charge in [0, 0.05) is 24.2 Å². The van der Waals surface area contributed by atoms with Crippen LogP contribution in [-0.4, -0.2) is 40.4 Å². The molecule has 116 valence electrons. The number of piperidine rings is 1. The monoisotopic (exact) mass is 291 g/mol. The minimum atomic E-state index is -0.174. The quantitative estimate of drug-likeness (QED) is 0.825. The van der Waals surface area contributed by atoms with E-state index >= 15 is 0 Å². The van der Waals surface area contributed by atoms with Crippen molar-refractivity contribution in [3.63, 3.8) is 0 Å². The van der Waals surface area contributed by atoms with Crippen LogP contribution in [0.2, 0.25) is 0 Å². The Bertz CT molecular complexity index is 483. The number of hydrogen-bond acceptors (Lipinski definition) is 5. The second kappa shape index (κ2) is 7.36. The maximum atomic E-state index is 11.2. The van der Waals surface area contributed by atoms with Gasteiger partial charge in [-0.3, -0.25) is 9.69 Å². The van der Waals surface area contributed by atoms with E-state index in [0.717, 1.165) is 62.8 Å². The molecule has 6 nitrogen and oxygen atoms in total. The van der Waals surface area contributed by atoms with Crippen molar-refractivity contribution in [2.45, 2.75) is 39.7 Å². The Labute approximate surface area is 126 Å². The highest BCUT2D eigenvalue weighted by atomic mass is 16.1. The zero-order valence-electron chi connectivity index (χ0n) is 12.9. The van der Waals surface area contributed by atoms with Crippen molar-refractivity contribution in [3.8, 4) is 0 Å². The van der Waals surface area contributed by atoms with Crippen molar-refractivity contribution in [2.75, 3.05) is 25.0 Å². The van der Waals surface area contributed by atoms with Gasteiger partial charge in [0.2, 0.25) is 5.91 Å². The van der Waals surface area contributed by atoms with E-state index in [1.807, 2.05) is 13.0 Å². The number of aromatic nitrogens is 2. The van der Waals surface area contributed by atoms with Gasteiger partial charge in [0.1, 0.15) is 11.6 Å². The molecule has 3 N–H and O–H groups in total. The molecule has 1 aliphatic rings. The summed E-state index contributed by atoms with van der Waals surface area (Å²) in [4.78, 5) is 22.5. The van der Waals surface area contributed by atoms with E-state index in [9.17, 15) is 4.79 Å². The van der Waals surface area contributed by atoms with Gasteiger partial charge in [-0.1, -0.05) is 6.92 Å². The summed E-state index contributed by atoms with van der Waals surface area (Å²) in [7, 11) is 0. The third kappa shape index (κ3) is 4.67. The minimum Gasteiger partial charge on any atom is -0.370 e. The average molecular weight is 291 g/mol. The van der Waals surface area contributed by atoms with Crippen LogP contribution in [0.15, 0.2) is 6.07 Å². The van der Waals surface area contributed by atoms with Crippen LogP contribution in [0.3, 0.4) is 0 Å². The van der Waals surface area contributed by atoms with Gasteiger partial charge < -0.3 is 11.1 Å². The lowest BCUT2D eigenvalue weighted by molar-refractivity contribution is -0.123. The zero-order chi connectivity index (χ0) is 15.2. The second-order valence-corrected chi connectivity index (χ2v) is 5.69. The highest BCUT2D eigenvalue weighted by molar-refractivity contribution is 5.76. The average Bonchev–Trinajstić information content (AvgIpc) is 2.45. The highest BCUT2D eigenvalue weighted by Gasteiger charge is 2.23. The summed E-state index contributed by atoms with van der Waals surface area (Å²) >= 11 is 0. The van der Waals surface area contributed by atoms with Gasteiger partial charge in [0.05, 0.1) is 6.54 Å². The van der Waals surface area contributed by atoms with Gasteiger partial charge >= 0.3 is 0 Å². The Morgan fingerprint density at radius 3 is 2.76 bits per heavy atom. The number of aryl methyl sites for hydroxylation is 1. The van der Waals surface area contributed by atoms with Gasteiger partial charge in [0.25, 0.3) is 0 Å². The van der Waals surface area contributed by atoms with Crippen LogP contribution in [-0.2, 0) is 11.3 Å². The molecule has 0 bridgehead atoms. The van der Waals surface area contributed by atoms with E-state index in [1.165, 1.54) is 0 Å². The van der Waals surface area contributed by atoms with Crippen molar-refractivity contribution in [1.82, 2.24) is 14.9 Å². The smallest absolute Gasteiger partial charge is 0.220 e. The molecule has 1 aromatic heterocycles. The Balaban J connectivity index is 1.93. The first-order valence-electron chi connectivity index (χ1n) is 7.68. The molecule has 2 rings (SSSR count). The van der Waals surface area contributed by atoms with Gasteiger partial charge in [-0.25, -0.2) is 9.97 Å². The van der Waals surface area contributed by atoms with Gasteiger partial charge in [-0.2, -0.15) is 0 Å². The number of nitrogens with one attached hydrogen (secondary N) is 1. The van der Waals surface area contributed by atoms with Gasteiger partial charge in [-0.15, -0.1) is 0 Å². The van der Waals surface area contributed by atoms with E-state index < -0.39 is 0 Å². The molecule has 1 fully saturated rings. The van der Waals surface area contributed by atoms with Crippen molar-refractivity contribution in [3.05, 3.63) is 17.6 Å². The number of nitrogens with two attached hydrogens (primary N) is 1. The summed E-state index contributed by atoms with van der Waals surface area (Å²) in [6.45, 7) is 7.52. The lowest BCUT2D eigenvalue weighted by atomic mass is 9.96. The van der Waals surface area contributed by atoms with E-state index in [2.05, 4.69) is 27.1 Å². The number of likely N-dealkylation sites (tertiary alicyclic amines) is 1. The summed E-state index contributed by atoms with van der Waals surface area (Å²) in [5.74, 6) is 1.59. The van der Waals surface area contributed by atoms with Crippen LogP contribution in [0.5, 0.6) is 0 Å². The van der Waals surface area contributed by atoms with Crippen molar-refractivity contribution in [2.24, 2.45) is 11.7 Å². The molecule has 1 saturated heterocycles. The summed E-state index contributed by atoms with van der Waals surface area (Å²) < 4.78 is 0. The molecule has 1 aromatic rings. The van der Waals surface area contributed by atoms with Crippen molar-refractivity contribution >= 4 is 11.7 Å². The van der Waals surface area contributed by atoms with Crippen LogP contribution in [0.4, 0.5) is 5.82 Å². The molecule has 0 aliphatic carbocycles. The van der Waals surface area contributed by atoms with Crippen LogP contribution < -0.4 is 11.1 Å². The molecule has 21 heavy (non-hydrogen) atoms. The highest BCUT2D eigenvalue weighted by Crippen LogP contribution is 2.18. The first-order chi connectivity index (χ1) is 10.1. The zero-order valence-corrected chi connectivity index (χ0v) is 12.9. The number of rotatable bonds is 6. The third-order valence-electron chi connectivity index (χ3n) is 3.81. The number of nitrogens with zero attached hydrogens (tertiary/aromatic N) is 3. The second-order valence-electron chi connectivity index (χ2n) is 5.69. The molecular weight excluding hydrogens is 266 g/mol. The molecule has 0 spiro atoms. The fraction of sp³-hybridized carbons (Fsp3) is 0.667. The summed E-state index contributed by atoms with van der Waals surface area (Å²) in [6, 6.07) is 1.97. The molecule has 1 amide bonds. The van der Waals surface area contributed by atoms with Crippen LogP contribution in [0.1, 0.15) is 37.7 Å². The Hall–Kier alpha value is -1.69. The van der Waals surface area contributed by atoms with Crippen LogP contribution in [0, 0.1) is 12.8 Å². The summed E-state index contributed by atoms with van der Waals surface area (Å²) in [5, 5.41) is 3.30. The molecule has 0 saturated carbocycles. The molecule has 0 unspecified atom stereocenters. The lowest BCUT2D eigenvalue weighted by Crippen LogP contribution is -2.38. The fourth-order valence-corrected chi connectivity index (χ4v) is 2.62. The van der Waals surface area contributed by atoms with Crippen molar-refractivity contribution < 1.29 is 4.79 Å². The first-order valence-corrected chi connectivity index (χ1v) is 7.68. The summed E-state index contributed by atoms with van der Waals surface area (Å²) in [6.07, 6.45) is 2.74. The van der Waals surface area contributed by atoms with E-state index in [0.29, 0.717) is 0 Å². The van der Waals surface area contributed by atoms with Crippen LogP contribution >= 0.6 is 0 Å². The van der Waals surface area contributed by atoms with E-state index in [4.69, 9.17) is 5.73 Å². The van der Waals surface area contributed by atoms with E-state index in [-0.39, 0.29) is 11.8 Å². The van der Waals surface area contributed by atoms with Gasteiger partial charge in [0.15, 0.2) is 0 Å². The standard InChI is InChI=1S/C15H25N5O/c1-3-6-17-13-9-11(2)18-14(19-13)10-20-7-4-12(5-8-20)15(16)21/h9,12H,3-8,10H2,1-2H3,(H2,16,21)(H,17,18,19). The van der Waals surface area contributed by atoms with Crippen LogP contribution in [0.25, 0.3) is 0 Å². The maximum Gasteiger partial charge on any atom is 0.220 e. The molecule has 2 heterocycles. The third-order valence-corrected chi connectivity index (χ3v) is 3.81. The van der Waals surface area contributed by atoms with Crippen molar-refractivity contribution in [1.29, 1.82) is 0 Å². The Kier molecular flexibility index (Phi) is 5.50. The number of hydrogen-bond donors (Lipinski definition) is 2. The molecule has 0 radical (unpaired) electrons. The number of anilines is 1. The van der Waals surface area contributed by atoms with Gasteiger partial charge in [-0.05, 0) is 39.3 Å². The number of carbonyl (C=O) groups excluding carboxylic acids is 1. The molecule has 0 atom stereocenters. The molecule has 0 aromatic carbocycles. The molecule has 1 aliphatic heterocycles. The number of carbonyl (C=O) groups is 1.